The first kappa shape index (κ1) is 19.9. The topological polar surface area (TPSA) is 76.6 Å². The van der Waals surface area contributed by atoms with Gasteiger partial charge in [-0.25, -0.2) is 9.97 Å². The molecule has 3 rings (SSSR count). The standard InChI is InChI=1S/C21H28N4O3/c1-13-9-16(23-20(22-13)24-21(2,3)4)19(26)25-8-7-14-10-17(27-5)18(28-6)11-15(14)12-25/h9-11H,7-8,12H2,1-6H3,(H,22,23,24). The minimum absolute atomic E-state index is 0.0945. The highest BCUT2D eigenvalue weighted by molar-refractivity contribution is 5.92. The van der Waals surface area contributed by atoms with Crippen LogP contribution in [-0.4, -0.2) is 47.1 Å². The zero-order valence-corrected chi connectivity index (χ0v) is 17.4. The summed E-state index contributed by atoms with van der Waals surface area (Å²) in [5.74, 6) is 1.76. The molecule has 28 heavy (non-hydrogen) atoms. The van der Waals surface area contributed by atoms with Gasteiger partial charge in [0.25, 0.3) is 5.91 Å². The Morgan fingerprint density at radius 3 is 2.32 bits per heavy atom. The van der Waals surface area contributed by atoms with E-state index in [9.17, 15) is 4.79 Å². The van der Waals surface area contributed by atoms with Gasteiger partial charge < -0.3 is 19.7 Å². The number of amides is 1. The molecule has 0 bridgehead atoms. The number of methoxy groups -OCH3 is 2. The molecular formula is C21H28N4O3. The number of anilines is 1. The maximum Gasteiger partial charge on any atom is 0.272 e. The Morgan fingerprint density at radius 1 is 1.07 bits per heavy atom. The lowest BCUT2D eigenvalue weighted by atomic mass is 9.98. The van der Waals surface area contributed by atoms with E-state index in [1.165, 1.54) is 5.56 Å². The zero-order chi connectivity index (χ0) is 20.5. The average molecular weight is 384 g/mol. The van der Waals surface area contributed by atoms with Gasteiger partial charge in [0.2, 0.25) is 5.95 Å². The van der Waals surface area contributed by atoms with Crippen molar-refractivity contribution in [2.75, 3.05) is 26.1 Å². The van der Waals surface area contributed by atoms with Crippen LogP contribution in [0.5, 0.6) is 11.5 Å². The van der Waals surface area contributed by atoms with Crippen molar-refractivity contribution in [1.82, 2.24) is 14.9 Å². The number of fused-ring (bicyclic) bond motifs is 1. The number of nitrogens with zero attached hydrogens (tertiary/aromatic N) is 3. The normalized spacial score (nSPS) is 13.7. The van der Waals surface area contributed by atoms with E-state index in [4.69, 9.17) is 9.47 Å². The summed E-state index contributed by atoms with van der Waals surface area (Å²) in [5.41, 5.74) is 3.22. The second-order valence-electron chi connectivity index (χ2n) is 8.05. The summed E-state index contributed by atoms with van der Waals surface area (Å²) in [5, 5.41) is 3.24. The van der Waals surface area contributed by atoms with Crippen molar-refractivity contribution in [1.29, 1.82) is 0 Å². The monoisotopic (exact) mass is 384 g/mol. The number of ether oxygens (including phenoxy) is 2. The summed E-state index contributed by atoms with van der Waals surface area (Å²) in [6.07, 6.45) is 0.762. The van der Waals surface area contributed by atoms with E-state index in [0.29, 0.717) is 36.2 Å². The van der Waals surface area contributed by atoms with E-state index in [1.54, 1.807) is 20.3 Å². The molecule has 0 saturated carbocycles. The summed E-state index contributed by atoms with van der Waals surface area (Å²) in [4.78, 5) is 23.8. The predicted octanol–water partition coefficient (Wildman–Crippen LogP) is 3.21. The number of benzene rings is 1. The molecule has 1 aromatic carbocycles. The van der Waals surface area contributed by atoms with Gasteiger partial charge in [-0.2, -0.15) is 0 Å². The Balaban J connectivity index is 1.85. The van der Waals surface area contributed by atoms with E-state index in [1.807, 2.05) is 44.7 Å². The first-order valence-corrected chi connectivity index (χ1v) is 9.37. The first-order chi connectivity index (χ1) is 13.2. The largest absolute Gasteiger partial charge is 0.493 e. The number of hydrogen-bond donors (Lipinski definition) is 1. The molecule has 1 amide bonds. The molecule has 1 aromatic heterocycles. The van der Waals surface area contributed by atoms with Gasteiger partial charge in [-0.3, -0.25) is 4.79 Å². The van der Waals surface area contributed by atoms with Crippen molar-refractivity contribution in [3.63, 3.8) is 0 Å². The number of hydrogen-bond acceptors (Lipinski definition) is 6. The molecule has 7 heteroatoms. The lowest BCUT2D eigenvalue weighted by Gasteiger charge is -2.29. The third kappa shape index (κ3) is 4.35. The summed E-state index contributed by atoms with van der Waals surface area (Å²) >= 11 is 0. The van der Waals surface area contributed by atoms with Crippen molar-refractivity contribution >= 4 is 11.9 Å². The Kier molecular flexibility index (Phi) is 5.45. The first-order valence-electron chi connectivity index (χ1n) is 9.37. The van der Waals surface area contributed by atoms with Crippen LogP contribution in [0.25, 0.3) is 0 Å². The molecular weight excluding hydrogens is 356 g/mol. The van der Waals surface area contributed by atoms with Gasteiger partial charge in [-0.1, -0.05) is 0 Å². The molecule has 2 aromatic rings. The van der Waals surface area contributed by atoms with Gasteiger partial charge in [0.05, 0.1) is 14.2 Å². The predicted molar refractivity (Wildman–Crippen MR) is 108 cm³/mol. The fourth-order valence-corrected chi connectivity index (χ4v) is 3.29. The Bertz CT molecular complexity index is 890. The van der Waals surface area contributed by atoms with Gasteiger partial charge in [0.15, 0.2) is 11.5 Å². The molecule has 0 saturated heterocycles. The van der Waals surface area contributed by atoms with Gasteiger partial charge in [-0.15, -0.1) is 0 Å². The van der Waals surface area contributed by atoms with Crippen molar-refractivity contribution in [3.8, 4) is 11.5 Å². The van der Waals surface area contributed by atoms with E-state index < -0.39 is 0 Å². The van der Waals surface area contributed by atoms with Crippen molar-refractivity contribution in [3.05, 3.63) is 40.7 Å². The third-order valence-electron chi connectivity index (χ3n) is 4.57. The molecule has 0 fully saturated rings. The molecule has 150 valence electrons. The van der Waals surface area contributed by atoms with E-state index >= 15 is 0 Å². The van der Waals surface area contributed by atoms with Gasteiger partial charge in [0, 0.05) is 24.3 Å². The second-order valence-corrected chi connectivity index (χ2v) is 8.05. The van der Waals surface area contributed by atoms with Crippen LogP contribution in [0.4, 0.5) is 5.95 Å². The fourth-order valence-electron chi connectivity index (χ4n) is 3.29. The van der Waals surface area contributed by atoms with Crippen LogP contribution in [-0.2, 0) is 13.0 Å². The molecule has 0 aliphatic carbocycles. The number of rotatable bonds is 4. The average Bonchev–Trinajstić information content (AvgIpc) is 2.63. The summed E-state index contributed by atoms with van der Waals surface area (Å²) in [6.45, 7) is 9.11. The Hall–Kier alpha value is -2.83. The lowest BCUT2D eigenvalue weighted by molar-refractivity contribution is 0.0728. The molecule has 0 unspecified atom stereocenters. The van der Waals surface area contributed by atoms with Crippen LogP contribution in [0.3, 0.4) is 0 Å². The number of nitrogens with one attached hydrogen (secondary N) is 1. The van der Waals surface area contributed by atoms with Crippen LogP contribution in [0, 0.1) is 6.92 Å². The molecule has 0 radical (unpaired) electrons. The number of aromatic nitrogens is 2. The zero-order valence-electron chi connectivity index (χ0n) is 17.4. The minimum Gasteiger partial charge on any atom is -0.493 e. The van der Waals surface area contributed by atoms with E-state index in [0.717, 1.165) is 17.7 Å². The summed E-state index contributed by atoms with van der Waals surface area (Å²) < 4.78 is 10.8. The van der Waals surface area contributed by atoms with E-state index in [-0.39, 0.29) is 11.4 Å². The summed E-state index contributed by atoms with van der Waals surface area (Å²) in [6, 6.07) is 5.68. The van der Waals surface area contributed by atoms with Gasteiger partial charge in [0.1, 0.15) is 5.69 Å². The van der Waals surface area contributed by atoms with E-state index in [2.05, 4.69) is 15.3 Å². The van der Waals surface area contributed by atoms with Gasteiger partial charge in [-0.05, 0) is 63.4 Å². The number of aryl methyl sites for hydroxylation is 1. The second kappa shape index (κ2) is 7.66. The third-order valence-corrected chi connectivity index (χ3v) is 4.57. The van der Waals surface area contributed by atoms with Crippen LogP contribution < -0.4 is 14.8 Å². The molecule has 1 aliphatic heterocycles. The fraction of sp³-hybridized carbons (Fsp3) is 0.476. The molecule has 1 N–H and O–H groups in total. The van der Waals surface area contributed by atoms with Crippen LogP contribution in [0.2, 0.25) is 0 Å². The molecule has 1 aliphatic rings. The lowest BCUT2D eigenvalue weighted by Crippen LogP contribution is -2.37. The molecule has 0 spiro atoms. The van der Waals surface area contributed by atoms with Crippen LogP contribution in [0.1, 0.15) is 48.1 Å². The van der Waals surface area contributed by atoms with Crippen molar-refractivity contribution in [2.24, 2.45) is 0 Å². The summed E-state index contributed by atoms with van der Waals surface area (Å²) in [7, 11) is 3.24. The molecule has 7 nitrogen and oxygen atoms in total. The highest BCUT2D eigenvalue weighted by Crippen LogP contribution is 2.33. The number of carbonyl (C=O) groups is 1. The highest BCUT2D eigenvalue weighted by Gasteiger charge is 2.25. The smallest absolute Gasteiger partial charge is 0.272 e. The molecule has 0 atom stereocenters. The van der Waals surface area contributed by atoms with Crippen molar-refractivity contribution < 1.29 is 14.3 Å². The SMILES string of the molecule is COc1cc2c(cc1OC)CN(C(=O)c1cc(C)nc(NC(C)(C)C)n1)CC2. The Morgan fingerprint density at radius 2 is 1.71 bits per heavy atom. The van der Waals surface area contributed by atoms with Crippen LogP contribution in [0.15, 0.2) is 18.2 Å². The quantitative estimate of drug-likeness (QED) is 0.872. The maximum absolute atomic E-state index is 13.1. The maximum atomic E-state index is 13.1. The van der Waals surface area contributed by atoms with Crippen LogP contribution >= 0.6 is 0 Å². The van der Waals surface area contributed by atoms with Crippen molar-refractivity contribution in [2.45, 2.75) is 46.2 Å². The minimum atomic E-state index is -0.187. The Labute approximate surface area is 166 Å². The molecule has 2 heterocycles. The van der Waals surface area contributed by atoms with Gasteiger partial charge >= 0.3 is 0 Å². The number of carbonyl (C=O) groups excluding carboxylic acids is 1. The highest BCUT2D eigenvalue weighted by atomic mass is 16.5.